The van der Waals surface area contributed by atoms with Crippen molar-refractivity contribution in [3.63, 3.8) is 0 Å². The summed E-state index contributed by atoms with van der Waals surface area (Å²) in [5.41, 5.74) is 3.97. The van der Waals surface area contributed by atoms with Gasteiger partial charge in [-0.05, 0) is 61.4 Å². The Balaban J connectivity index is 1.43. The van der Waals surface area contributed by atoms with Crippen LogP contribution in [0.3, 0.4) is 0 Å². The van der Waals surface area contributed by atoms with E-state index in [-0.39, 0.29) is 12.5 Å². The highest BCUT2D eigenvalue weighted by Crippen LogP contribution is 2.18. The van der Waals surface area contributed by atoms with Crippen LogP contribution in [-0.4, -0.2) is 25.7 Å². The molecule has 0 aliphatic heterocycles. The van der Waals surface area contributed by atoms with E-state index < -0.39 is 0 Å². The van der Waals surface area contributed by atoms with Crippen molar-refractivity contribution in [2.24, 2.45) is 0 Å². The Morgan fingerprint density at radius 3 is 2.24 bits per heavy atom. The van der Waals surface area contributed by atoms with Crippen molar-refractivity contribution in [1.82, 2.24) is 0 Å². The first-order valence-corrected chi connectivity index (χ1v) is 9.62. The molecule has 0 saturated carbocycles. The van der Waals surface area contributed by atoms with Crippen LogP contribution in [0, 0.1) is 13.8 Å². The maximum Gasteiger partial charge on any atom is 0.243 e. The zero-order valence-corrected chi connectivity index (χ0v) is 16.8. The minimum atomic E-state index is -0.101. The largest absolute Gasteiger partial charge is 0.490 e. The molecule has 5 heteroatoms. The molecule has 5 nitrogen and oxygen atoms in total. The van der Waals surface area contributed by atoms with Crippen molar-refractivity contribution in [2.75, 3.05) is 30.4 Å². The van der Waals surface area contributed by atoms with Gasteiger partial charge < -0.3 is 20.1 Å². The zero-order valence-electron chi connectivity index (χ0n) is 16.8. The summed E-state index contributed by atoms with van der Waals surface area (Å²) < 4.78 is 11.3. The van der Waals surface area contributed by atoms with Gasteiger partial charge in [-0.15, -0.1) is 0 Å². The molecule has 29 heavy (non-hydrogen) atoms. The molecular formula is C24H26N2O3. The number of hydrogen-bond acceptors (Lipinski definition) is 4. The molecule has 0 unspecified atom stereocenters. The molecule has 1 amide bonds. The van der Waals surface area contributed by atoms with E-state index in [1.54, 1.807) is 0 Å². The molecule has 0 heterocycles. The molecule has 3 aromatic rings. The van der Waals surface area contributed by atoms with E-state index in [0.717, 1.165) is 28.4 Å². The number of carbonyl (C=O) groups excluding carboxylic acids is 1. The zero-order chi connectivity index (χ0) is 20.5. The number of anilines is 2. The van der Waals surface area contributed by atoms with E-state index >= 15 is 0 Å². The van der Waals surface area contributed by atoms with Gasteiger partial charge in [-0.3, -0.25) is 4.79 Å². The molecule has 2 N–H and O–H groups in total. The Morgan fingerprint density at radius 1 is 0.759 bits per heavy atom. The van der Waals surface area contributed by atoms with Gasteiger partial charge in [-0.25, -0.2) is 0 Å². The van der Waals surface area contributed by atoms with E-state index in [9.17, 15) is 4.79 Å². The SMILES string of the molecule is Cc1ccc(NC(=O)CNc2cccc(OCCOc3ccccc3)c2)cc1C. The van der Waals surface area contributed by atoms with Gasteiger partial charge in [0.2, 0.25) is 5.91 Å². The molecule has 0 spiro atoms. The Hall–Kier alpha value is -3.47. The smallest absolute Gasteiger partial charge is 0.243 e. The minimum Gasteiger partial charge on any atom is -0.490 e. The number of amides is 1. The van der Waals surface area contributed by atoms with Crippen LogP contribution in [0.4, 0.5) is 11.4 Å². The van der Waals surface area contributed by atoms with Gasteiger partial charge in [0.15, 0.2) is 0 Å². The van der Waals surface area contributed by atoms with Crippen LogP contribution in [0.5, 0.6) is 11.5 Å². The van der Waals surface area contributed by atoms with Crippen LogP contribution in [0.2, 0.25) is 0 Å². The van der Waals surface area contributed by atoms with Gasteiger partial charge in [-0.2, -0.15) is 0 Å². The van der Waals surface area contributed by atoms with Crippen molar-refractivity contribution in [3.8, 4) is 11.5 Å². The van der Waals surface area contributed by atoms with Crippen molar-refractivity contribution >= 4 is 17.3 Å². The molecule has 0 bridgehead atoms. The Labute approximate surface area is 171 Å². The summed E-state index contributed by atoms with van der Waals surface area (Å²) in [6, 6.07) is 23.0. The third-order valence-electron chi connectivity index (χ3n) is 4.44. The summed E-state index contributed by atoms with van der Waals surface area (Å²) in [5.74, 6) is 1.44. The summed E-state index contributed by atoms with van der Waals surface area (Å²) in [6.45, 7) is 5.14. The first kappa shape index (κ1) is 20.3. The lowest BCUT2D eigenvalue weighted by Gasteiger charge is -2.11. The first-order chi connectivity index (χ1) is 14.1. The third-order valence-corrected chi connectivity index (χ3v) is 4.44. The number of nitrogens with one attached hydrogen (secondary N) is 2. The number of carbonyl (C=O) groups is 1. The molecule has 0 atom stereocenters. The van der Waals surface area contributed by atoms with E-state index in [1.807, 2.05) is 86.6 Å². The summed E-state index contributed by atoms with van der Waals surface area (Å²) in [4.78, 5) is 12.2. The fraction of sp³-hybridized carbons (Fsp3) is 0.208. The lowest BCUT2D eigenvalue weighted by Crippen LogP contribution is -2.21. The summed E-state index contributed by atoms with van der Waals surface area (Å²) in [7, 11) is 0. The Morgan fingerprint density at radius 2 is 1.48 bits per heavy atom. The molecule has 150 valence electrons. The molecule has 0 saturated heterocycles. The monoisotopic (exact) mass is 390 g/mol. The number of para-hydroxylation sites is 1. The normalized spacial score (nSPS) is 10.3. The number of hydrogen-bond donors (Lipinski definition) is 2. The highest BCUT2D eigenvalue weighted by atomic mass is 16.5. The fourth-order valence-electron chi connectivity index (χ4n) is 2.74. The van der Waals surface area contributed by atoms with E-state index in [2.05, 4.69) is 10.6 Å². The van der Waals surface area contributed by atoms with E-state index in [4.69, 9.17) is 9.47 Å². The molecule has 3 aromatic carbocycles. The summed E-state index contributed by atoms with van der Waals surface area (Å²) in [6.07, 6.45) is 0. The van der Waals surface area contributed by atoms with Gasteiger partial charge >= 0.3 is 0 Å². The molecular weight excluding hydrogens is 364 g/mol. The molecule has 3 rings (SSSR count). The van der Waals surface area contributed by atoms with Crippen molar-refractivity contribution in [2.45, 2.75) is 13.8 Å². The predicted molar refractivity (Wildman–Crippen MR) is 117 cm³/mol. The van der Waals surface area contributed by atoms with Crippen LogP contribution in [-0.2, 0) is 4.79 Å². The van der Waals surface area contributed by atoms with Crippen LogP contribution in [0.1, 0.15) is 11.1 Å². The van der Waals surface area contributed by atoms with Gasteiger partial charge in [0.05, 0.1) is 6.54 Å². The lowest BCUT2D eigenvalue weighted by atomic mass is 10.1. The van der Waals surface area contributed by atoms with Crippen LogP contribution < -0.4 is 20.1 Å². The minimum absolute atomic E-state index is 0.101. The highest BCUT2D eigenvalue weighted by Gasteiger charge is 2.04. The predicted octanol–water partition coefficient (Wildman–Crippen LogP) is 4.81. The maximum absolute atomic E-state index is 12.2. The molecule has 0 aliphatic carbocycles. The quantitative estimate of drug-likeness (QED) is 0.515. The van der Waals surface area contributed by atoms with Crippen molar-refractivity contribution in [3.05, 3.63) is 83.9 Å². The number of benzene rings is 3. The molecule has 0 aromatic heterocycles. The second-order valence-corrected chi connectivity index (χ2v) is 6.74. The van der Waals surface area contributed by atoms with Gasteiger partial charge in [0.25, 0.3) is 0 Å². The van der Waals surface area contributed by atoms with Crippen molar-refractivity contribution < 1.29 is 14.3 Å². The van der Waals surface area contributed by atoms with Gasteiger partial charge in [-0.1, -0.05) is 30.3 Å². The number of rotatable bonds is 9. The second-order valence-electron chi connectivity index (χ2n) is 6.74. The number of aryl methyl sites for hydroxylation is 2. The van der Waals surface area contributed by atoms with E-state index in [0.29, 0.717) is 13.2 Å². The van der Waals surface area contributed by atoms with Gasteiger partial charge in [0.1, 0.15) is 24.7 Å². The number of ether oxygens (including phenoxy) is 2. The average molecular weight is 390 g/mol. The maximum atomic E-state index is 12.2. The lowest BCUT2D eigenvalue weighted by molar-refractivity contribution is -0.114. The average Bonchev–Trinajstić information content (AvgIpc) is 2.73. The third kappa shape index (κ3) is 6.57. The fourth-order valence-corrected chi connectivity index (χ4v) is 2.74. The molecule has 0 radical (unpaired) electrons. The molecule has 0 aliphatic rings. The molecule has 0 fully saturated rings. The summed E-state index contributed by atoms with van der Waals surface area (Å²) in [5, 5.41) is 6.03. The topological polar surface area (TPSA) is 59.6 Å². The van der Waals surface area contributed by atoms with E-state index in [1.165, 1.54) is 5.56 Å². The highest BCUT2D eigenvalue weighted by molar-refractivity contribution is 5.93. The first-order valence-electron chi connectivity index (χ1n) is 9.62. The van der Waals surface area contributed by atoms with Crippen molar-refractivity contribution in [1.29, 1.82) is 0 Å². The van der Waals surface area contributed by atoms with Crippen LogP contribution in [0.15, 0.2) is 72.8 Å². The van der Waals surface area contributed by atoms with Gasteiger partial charge in [0, 0.05) is 17.4 Å². The van der Waals surface area contributed by atoms with Crippen LogP contribution >= 0.6 is 0 Å². The Bertz CT molecular complexity index is 942. The summed E-state index contributed by atoms with van der Waals surface area (Å²) >= 11 is 0. The Kier molecular flexibility index (Phi) is 7.11. The second kappa shape index (κ2) is 10.2. The standard InChI is InChI=1S/C24H26N2O3/c1-18-11-12-21(15-19(18)2)26-24(27)17-25-20-7-6-10-23(16-20)29-14-13-28-22-8-4-3-5-9-22/h3-12,15-16,25H,13-14,17H2,1-2H3,(H,26,27). The van der Waals surface area contributed by atoms with Crippen LogP contribution in [0.25, 0.3) is 0 Å².